The Morgan fingerprint density at radius 2 is 2.20 bits per heavy atom. The van der Waals surface area contributed by atoms with Crippen molar-refractivity contribution in [1.82, 2.24) is 20.6 Å². The molecule has 0 spiro atoms. The average Bonchev–Trinajstić information content (AvgIpc) is 3.03. The summed E-state index contributed by atoms with van der Waals surface area (Å²) in [6, 6.07) is 7.79. The normalized spacial score (nSPS) is 10.9. The quantitative estimate of drug-likeness (QED) is 0.763. The second-order valence-corrected chi connectivity index (χ2v) is 4.70. The molecule has 1 amide bonds. The molecule has 3 aromatic rings. The average molecular weight is 270 g/mol. The van der Waals surface area contributed by atoms with Crippen molar-refractivity contribution in [3.05, 3.63) is 46.9 Å². The minimum atomic E-state index is -0.178. The van der Waals surface area contributed by atoms with Gasteiger partial charge < -0.3 is 10.3 Å². The van der Waals surface area contributed by atoms with Crippen molar-refractivity contribution in [3.63, 3.8) is 0 Å². The van der Waals surface area contributed by atoms with Gasteiger partial charge >= 0.3 is 0 Å². The molecule has 0 saturated heterocycles. The topological polar surface area (TPSA) is 83.8 Å². The van der Waals surface area contributed by atoms with E-state index < -0.39 is 0 Å². The van der Waals surface area contributed by atoms with Gasteiger partial charge in [-0.2, -0.15) is 0 Å². The Hall–Kier alpha value is -2.63. The number of amides is 1. The van der Waals surface area contributed by atoms with Gasteiger partial charge in [0, 0.05) is 10.9 Å². The zero-order valence-corrected chi connectivity index (χ0v) is 11.2. The predicted molar refractivity (Wildman–Crippen MR) is 73.2 cm³/mol. The summed E-state index contributed by atoms with van der Waals surface area (Å²) in [4.78, 5) is 15.2. The number of nitrogens with one attached hydrogen (secondary N) is 2. The first-order chi connectivity index (χ1) is 9.65. The highest BCUT2D eigenvalue weighted by molar-refractivity contribution is 5.98. The third kappa shape index (κ3) is 2.16. The molecule has 0 atom stereocenters. The van der Waals surface area contributed by atoms with E-state index in [1.165, 1.54) is 0 Å². The fourth-order valence-electron chi connectivity index (χ4n) is 2.10. The van der Waals surface area contributed by atoms with Crippen LogP contribution in [0.15, 0.2) is 28.9 Å². The summed E-state index contributed by atoms with van der Waals surface area (Å²) in [5, 5.41) is 11.2. The van der Waals surface area contributed by atoms with Gasteiger partial charge in [0.2, 0.25) is 0 Å². The smallest absolute Gasteiger partial charge is 0.268 e. The van der Waals surface area contributed by atoms with Crippen LogP contribution in [-0.2, 0) is 6.54 Å². The van der Waals surface area contributed by atoms with Crippen molar-refractivity contribution >= 4 is 16.8 Å². The number of nitrogens with zero attached hydrogens (tertiary/aromatic N) is 2. The fraction of sp³-hybridized carbons (Fsp3) is 0.214. The van der Waals surface area contributed by atoms with Crippen LogP contribution in [-0.4, -0.2) is 21.2 Å². The van der Waals surface area contributed by atoms with Crippen LogP contribution in [0.25, 0.3) is 10.9 Å². The molecular weight excluding hydrogens is 256 g/mol. The van der Waals surface area contributed by atoms with Gasteiger partial charge in [-0.25, -0.2) is 4.63 Å². The number of H-pyrrole nitrogens is 1. The van der Waals surface area contributed by atoms with Crippen LogP contribution in [0.5, 0.6) is 0 Å². The number of aromatic amines is 1. The van der Waals surface area contributed by atoms with Gasteiger partial charge in [0.25, 0.3) is 5.91 Å². The Labute approximate surface area is 115 Å². The minimum absolute atomic E-state index is 0.178. The molecule has 2 aromatic heterocycles. The number of carbonyl (C=O) groups excluding carboxylic acids is 1. The van der Waals surface area contributed by atoms with Crippen molar-refractivity contribution in [2.75, 3.05) is 0 Å². The molecule has 1 aromatic carbocycles. The van der Waals surface area contributed by atoms with Gasteiger partial charge in [0.15, 0.2) is 0 Å². The second-order valence-electron chi connectivity index (χ2n) is 4.70. The van der Waals surface area contributed by atoms with Crippen molar-refractivity contribution in [1.29, 1.82) is 0 Å². The molecule has 3 rings (SSSR count). The molecule has 0 fully saturated rings. The molecule has 2 N–H and O–H groups in total. The number of aryl methyl sites for hydroxylation is 2. The summed E-state index contributed by atoms with van der Waals surface area (Å²) in [6.07, 6.45) is 0. The highest BCUT2D eigenvalue weighted by Gasteiger charge is 2.12. The molecule has 2 heterocycles. The Morgan fingerprint density at radius 1 is 1.35 bits per heavy atom. The standard InChI is InChI=1S/C14H14N4O2/c1-8-4-3-5-10-6-11(16-13(8)10)14(19)15-7-12-9(2)17-20-18-12/h3-6,16H,7H2,1-2H3,(H,15,19). The molecular formula is C14H14N4O2. The van der Waals surface area contributed by atoms with Crippen molar-refractivity contribution < 1.29 is 9.42 Å². The minimum Gasteiger partial charge on any atom is -0.350 e. The van der Waals surface area contributed by atoms with Gasteiger partial charge in [-0.05, 0) is 25.5 Å². The highest BCUT2D eigenvalue weighted by atomic mass is 16.6. The van der Waals surface area contributed by atoms with Crippen molar-refractivity contribution in [2.24, 2.45) is 0 Å². The number of fused-ring (bicyclic) bond motifs is 1. The molecule has 0 aliphatic rings. The maximum absolute atomic E-state index is 12.1. The number of benzene rings is 1. The van der Waals surface area contributed by atoms with Crippen molar-refractivity contribution in [3.8, 4) is 0 Å². The number of para-hydroxylation sites is 1. The molecule has 6 heteroatoms. The number of carbonyl (C=O) groups is 1. The Balaban J connectivity index is 1.79. The lowest BCUT2D eigenvalue weighted by molar-refractivity contribution is 0.0946. The Kier molecular flexibility index (Phi) is 2.98. The summed E-state index contributed by atoms with van der Waals surface area (Å²) >= 11 is 0. The number of rotatable bonds is 3. The zero-order valence-electron chi connectivity index (χ0n) is 11.2. The van der Waals surface area contributed by atoms with Gasteiger partial charge in [-0.1, -0.05) is 28.5 Å². The zero-order chi connectivity index (χ0) is 14.1. The summed E-state index contributed by atoms with van der Waals surface area (Å²) in [5.41, 5.74) is 3.93. The summed E-state index contributed by atoms with van der Waals surface area (Å²) < 4.78 is 4.59. The van der Waals surface area contributed by atoms with Gasteiger partial charge in [0.05, 0.1) is 6.54 Å². The van der Waals surface area contributed by atoms with E-state index in [2.05, 4.69) is 25.2 Å². The third-order valence-electron chi connectivity index (χ3n) is 3.27. The van der Waals surface area contributed by atoms with Crippen LogP contribution in [0.2, 0.25) is 0 Å². The van der Waals surface area contributed by atoms with Crippen LogP contribution >= 0.6 is 0 Å². The van der Waals surface area contributed by atoms with E-state index in [1.54, 1.807) is 6.92 Å². The maximum atomic E-state index is 12.1. The molecule has 0 aliphatic heterocycles. The van der Waals surface area contributed by atoms with Crippen LogP contribution < -0.4 is 5.32 Å². The van der Waals surface area contributed by atoms with Crippen LogP contribution in [0.4, 0.5) is 0 Å². The van der Waals surface area contributed by atoms with E-state index in [0.717, 1.165) is 16.5 Å². The molecule has 102 valence electrons. The van der Waals surface area contributed by atoms with E-state index in [0.29, 0.717) is 23.6 Å². The molecule has 0 aliphatic carbocycles. The fourth-order valence-corrected chi connectivity index (χ4v) is 2.10. The number of hydrogen-bond acceptors (Lipinski definition) is 4. The van der Waals surface area contributed by atoms with E-state index >= 15 is 0 Å². The molecule has 0 radical (unpaired) electrons. The Bertz CT molecular complexity index is 772. The lowest BCUT2D eigenvalue weighted by atomic mass is 10.2. The predicted octanol–water partition coefficient (Wildman–Crippen LogP) is 2.10. The first-order valence-corrected chi connectivity index (χ1v) is 6.29. The summed E-state index contributed by atoms with van der Waals surface area (Å²) in [7, 11) is 0. The van der Waals surface area contributed by atoms with Crippen molar-refractivity contribution in [2.45, 2.75) is 20.4 Å². The molecule has 0 unspecified atom stereocenters. The van der Waals surface area contributed by atoms with E-state index in [9.17, 15) is 4.79 Å². The third-order valence-corrected chi connectivity index (χ3v) is 3.27. The summed E-state index contributed by atoms with van der Waals surface area (Å²) in [5.74, 6) is -0.178. The monoisotopic (exact) mass is 270 g/mol. The SMILES string of the molecule is Cc1nonc1CNC(=O)c1cc2cccc(C)c2[nH]1. The first kappa shape index (κ1) is 12.4. The Morgan fingerprint density at radius 3 is 2.90 bits per heavy atom. The van der Waals surface area contributed by atoms with E-state index in [-0.39, 0.29) is 5.91 Å². The number of hydrogen-bond donors (Lipinski definition) is 2. The number of aromatic nitrogens is 3. The molecule has 20 heavy (non-hydrogen) atoms. The largest absolute Gasteiger partial charge is 0.350 e. The highest BCUT2D eigenvalue weighted by Crippen LogP contribution is 2.18. The first-order valence-electron chi connectivity index (χ1n) is 6.29. The lowest BCUT2D eigenvalue weighted by Crippen LogP contribution is -2.23. The lowest BCUT2D eigenvalue weighted by Gasteiger charge is -2.00. The van der Waals surface area contributed by atoms with Gasteiger partial charge in [0.1, 0.15) is 17.1 Å². The molecule has 0 saturated carbocycles. The van der Waals surface area contributed by atoms with E-state index in [4.69, 9.17) is 0 Å². The van der Waals surface area contributed by atoms with Crippen LogP contribution in [0.1, 0.15) is 27.4 Å². The second kappa shape index (κ2) is 4.80. The van der Waals surface area contributed by atoms with Gasteiger partial charge in [-0.15, -0.1) is 0 Å². The van der Waals surface area contributed by atoms with Gasteiger partial charge in [-0.3, -0.25) is 4.79 Å². The maximum Gasteiger partial charge on any atom is 0.268 e. The van der Waals surface area contributed by atoms with E-state index in [1.807, 2.05) is 31.2 Å². The van der Waals surface area contributed by atoms with Crippen LogP contribution in [0, 0.1) is 13.8 Å². The molecule has 0 bridgehead atoms. The van der Waals surface area contributed by atoms with Crippen LogP contribution in [0.3, 0.4) is 0 Å². The summed E-state index contributed by atoms with van der Waals surface area (Å²) in [6.45, 7) is 4.08. The molecule has 6 nitrogen and oxygen atoms in total.